The van der Waals surface area contributed by atoms with E-state index >= 15 is 0 Å². The van der Waals surface area contributed by atoms with Crippen LogP contribution in [0.15, 0.2) is 6.07 Å². The molecule has 18 heavy (non-hydrogen) atoms. The average molecular weight is 242 g/mol. The molecule has 0 spiro atoms. The van der Waals surface area contributed by atoms with Gasteiger partial charge in [-0.15, -0.1) is 0 Å². The summed E-state index contributed by atoms with van der Waals surface area (Å²) in [6.07, 6.45) is 1.36. The van der Waals surface area contributed by atoms with Crippen LogP contribution in [0, 0.1) is 44.4 Å². The van der Waals surface area contributed by atoms with Crippen molar-refractivity contribution < 1.29 is 4.79 Å². The molecule has 1 saturated carbocycles. The van der Waals surface area contributed by atoms with Crippen LogP contribution in [0.5, 0.6) is 0 Å². The van der Waals surface area contributed by atoms with Crippen LogP contribution in [-0.4, -0.2) is 5.91 Å². The van der Waals surface area contributed by atoms with E-state index in [4.69, 9.17) is 5.26 Å². The summed E-state index contributed by atoms with van der Waals surface area (Å²) in [6, 6.07) is 4.25. The number of hydrogen-bond donors (Lipinski definition) is 1. The van der Waals surface area contributed by atoms with E-state index in [1.165, 1.54) is 0 Å². The third kappa shape index (κ3) is 1.88. The summed E-state index contributed by atoms with van der Waals surface area (Å²) in [5.74, 6) is -0.152. The van der Waals surface area contributed by atoms with Gasteiger partial charge in [-0.3, -0.25) is 4.79 Å². The Hall–Kier alpha value is -1.82. The van der Waals surface area contributed by atoms with Crippen molar-refractivity contribution in [1.29, 1.82) is 5.26 Å². The van der Waals surface area contributed by atoms with E-state index in [0.717, 1.165) is 27.9 Å². The van der Waals surface area contributed by atoms with E-state index in [-0.39, 0.29) is 5.91 Å². The predicted molar refractivity (Wildman–Crippen MR) is 71.3 cm³/mol. The van der Waals surface area contributed by atoms with Gasteiger partial charge in [0.15, 0.2) is 0 Å². The van der Waals surface area contributed by atoms with Crippen molar-refractivity contribution >= 4 is 11.6 Å². The maximum Gasteiger partial charge on any atom is 0.244 e. The zero-order valence-electron chi connectivity index (χ0n) is 11.3. The second kappa shape index (κ2) is 4.13. The molecule has 0 aliphatic heterocycles. The minimum absolute atomic E-state index is 0.152. The Morgan fingerprint density at radius 3 is 2.11 bits per heavy atom. The van der Waals surface area contributed by atoms with Crippen LogP contribution in [0.2, 0.25) is 0 Å². The fourth-order valence-corrected chi connectivity index (χ4v) is 2.15. The van der Waals surface area contributed by atoms with Crippen molar-refractivity contribution in [1.82, 2.24) is 0 Å². The van der Waals surface area contributed by atoms with Crippen LogP contribution in [0.25, 0.3) is 0 Å². The molecule has 1 amide bonds. The molecule has 1 aromatic carbocycles. The fraction of sp³-hybridized carbons (Fsp3) is 0.467. The Kier molecular flexibility index (Phi) is 2.90. The maximum atomic E-state index is 12.1. The van der Waals surface area contributed by atoms with E-state index in [9.17, 15) is 4.79 Å². The molecule has 0 saturated heterocycles. The highest BCUT2D eigenvalue weighted by Gasteiger charge is 2.50. The predicted octanol–water partition coefficient (Wildman–Crippen LogP) is 3.16. The molecule has 1 N–H and O–H groups in total. The summed E-state index contributed by atoms with van der Waals surface area (Å²) in [5, 5.41) is 12.0. The van der Waals surface area contributed by atoms with Gasteiger partial charge in [0.1, 0.15) is 5.41 Å². The molecule has 1 aliphatic rings. The minimum atomic E-state index is -0.767. The normalized spacial score (nSPS) is 15.9. The molecule has 0 aromatic heterocycles. The number of hydrogen-bond acceptors (Lipinski definition) is 2. The Bertz CT molecular complexity index is 537. The molecule has 3 nitrogen and oxygen atoms in total. The largest absolute Gasteiger partial charge is 0.324 e. The number of nitrogens with zero attached hydrogens (tertiary/aromatic N) is 1. The van der Waals surface area contributed by atoms with Gasteiger partial charge >= 0.3 is 0 Å². The van der Waals surface area contributed by atoms with E-state index < -0.39 is 5.41 Å². The SMILES string of the molecule is Cc1cc(C)c(C)c(NC(=O)C2(C#N)CC2)c1C. The number of amides is 1. The number of benzene rings is 1. The number of carbonyl (C=O) groups is 1. The zero-order chi connectivity index (χ0) is 13.5. The van der Waals surface area contributed by atoms with Gasteiger partial charge in [0.25, 0.3) is 0 Å². The molecule has 2 rings (SSSR count). The van der Waals surface area contributed by atoms with Crippen LogP contribution >= 0.6 is 0 Å². The summed E-state index contributed by atoms with van der Waals surface area (Å²) < 4.78 is 0. The van der Waals surface area contributed by atoms with Gasteiger partial charge in [0, 0.05) is 5.69 Å². The topological polar surface area (TPSA) is 52.9 Å². The first-order chi connectivity index (χ1) is 8.41. The van der Waals surface area contributed by atoms with Gasteiger partial charge < -0.3 is 5.32 Å². The first kappa shape index (κ1) is 12.6. The first-order valence-corrected chi connectivity index (χ1v) is 6.21. The number of nitriles is 1. The molecule has 0 bridgehead atoms. The second-order valence-corrected chi connectivity index (χ2v) is 5.28. The van der Waals surface area contributed by atoms with Gasteiger partial charge in [-0.25, -0.2) is 0 Å². The Morgan fingerprint density at radius 1 is 1.22 bits per heavy atom. The third-order valence-corrected chi connectivity index (χ3v) is 4.00. The molecular formula is C15H18N2O. The maximum absolute atomic E-state index is 12.1. The zero-order valence-corrected chi connectivity index (χ0v) is 11.3. The summed E-state index contributed by atoms with van der Waals surface area (Å²) in [7, 11) is 0. The van der Waals surface area contributed by atoms with Gasteiger partial charge in [-0.2, -0.15) is 5.26 Å². The Balaban J connectivity index is 2.36. The number of carbonyl (C=O) groups excluding carboxylic acids is 1. The molecular weight excluding hydrogens is 224 g/mol. The smallest absolute Gasteiger partial charge is 0.244 e. The lowest BCUT2D eigenvalue weighted by Crippen LogP contribution is -2.24. The lowest BCUT2D eigenvalue weighted by molar-refractivity contribution is -0.119. The second-order valence-electron chi connectivity index (χ2n) is 5.28. The summed E-state index contributed by atoms with van der Waals surface area (Å²) in [5.41, 5.74) is 4.60. The standard InChI is InChI=1S/C15H18N2O/c1-9-7-10(2)12(4)13(11(9)3)17-14(18)15(8-16)5-6-15/h7H,5-6H2,1-4H3,(H,17,18). The minimum Gasteiger partial charge on any atom is -0.324 e. The number of rotatable bonds is 2. The van der Waals surface area contributed by atoms with Crippen molar-refractivity contribution in [3.63, 3.8) is 0 Å². The van der Waals surface area contributed by atoms with Gasteiger partial charge in [0.05, 0.1) is 6.07 Å². The number of aryl methyl sites for hydroxylation is 2. The highest BCUT2D eigenvalue weighted by atomic mass is 16.2. The van der Waals surface area contributed by atoms with Crippen LogP contribution in [0.4, 0.5) is 5.69 Å². The third-order valence-electron chi connectivity index (χ3n) is 4.00. The van der Waals surface area contributed by atoms with E-state index in [1.807, 2.05) is 27.7 Å². The summed E-state index contributed by atoms with van der Waals surface area (Å²) in [6.45, 7) is 8.08. The van der Waals surface area contributed by atoms with Crippen LogP contribution < -0.4 is 5.32 Å². The molecule has 1 aliphatic carbocycles. The highest BCUT2D eigenvalue weighted by molar-refractivity contribution is 6.00. The highest BCUT2D eigenvalue weighted by Crippen LogP contribution is 2.46. The van der Waals surface area contributed by atoms with Gasteiger partial charge in [-0.05, 0) is 62.8 Å². The summed E-state index contributed by atoms with van der Waals surface area (Å²) in [4.78, 5) is 12.1. The molecule has 1 aromatic rings. The molecule has 3 heteroatoms. The van der Waals surface area contributed by atoms with Crippen LogP contribution in [-0.2, 0) is 4.79 Å². The molecule has 1 fully saturated rings. The Morgan fingerprint density at radius 2 is 1.72 bits per heavy atom. The molecule has 94 valence electrons. The molecule has 0 heterocycles. The lowest BCUT2D eigenvalue weighted by Gasteiger charge is -2.17. The Labute approximate surface area is 108 Å². The van der Waals surface area contributed by atoms with Crippen molar-refractivity contribution in [2.24, 2.45) is 5.41 Å². The molecule has 0 radical (unpaired) electrons. The van der Waals surface area contributed by atoms with Crippen molar-refractivity contribution in [3.8, 4) is 6.07 Å². The van der Waals surface area contributed by atoms with Gasteiger partial charge in [-0.1, -0.05) is 6.07 Å². The monoisotopic (exact) mass is 242 g/mol. The van der Waals surface area contributed by atoms with Crippen LogP contribution in [0.1, 0.15) is 35.1 Å². The quantitative estimate of drug-likeness (QED) is 0.866. The molecule has 0 unspecified atom stereocenters. The lowest BCUT2D eigenvalue weighted by atomic mass is 9.98. The van der Waals surface area contributed by atoms with Crippen molar-refractivity contribution in [2.45, 2.75) is 40.5 Å². The van der Waals surface area contributed by atoms with Gasteiger partial charge in [0.2, 0.25) is 5.91 Å². The van der Waals surface area contributed by atoms with Crippen LogP contribution in [0.3, 0.4) is 0 Å². The first-order valence-electron chi connectivity index (χ1n) is 6.21. The van der Waals surface area contributed by atoms with Crippen molar-refractivity contribution in [2.75, 3.05) is 5.32 Å². The van der Waals surface area contributed by atoms with E-state index in [1.54, 1.807) is 0 Å². The summed E-state index contributed by atoms with van der Waals surface area (Å²) >= 11 is 0. The average Bonchev–Trinajstić information content (AvgIpc) is 3.13. The number of anilines is 1. The van der Waals surface area contributed by atoms with Crippen molar-refractivity contribution in [3.05, 3.63) is 28.3 Å². The fourth-order valence-electron chi connectivity index (χ4n) is 2.15. The number of nitrogens with one attached hydrogen (secondary N) is 1. The van der Waals surface area contributed by atoms with E-state index in [2.05, 4.69) is 17.5 Å². The molecule has 0 atom stereocenters. The van der Waals surface area contributed by atoms with E-state index in [0.29, 0.717) is 12.8 Å².